The van der Waals surface area contributed by atoms with Gasteiger partial charge in [0.1, 0.15) is 17.3 Å². The fourth-order valence-electron chi connectivity index (χ4n) is 2.76. The molecule has 0 saturated carbocycles. The van der Waals surface area contributed by atoms with Crippen LogP contribution in [0.4, 0.5) is 38.0 Å². The van der Waals surface area contributed by atoms with Crippen molar-refractivity contribution in [2.45, 2.75) is 6.18 Å². The van der Waals surface area contributed by atoms with E-state index in [-0.39, 0.29) is 22.8 Å². The summed E-state index contributed by atoms with van der Waals surface area (Å²) >= 11 is 0. The number of rotatable bonds is 5. The van der Waals surface area contributed by atoms with Crippen LogP contribution in [0.3, 0.4) is 0 Å². The minimum Gasteiger partial charge on any atom is -0.324 e. The topological polar surface area (TPSA) is 90.7 Å². The zero-order valence-electron chi connectivity index (χ0n) is 16.5. The summed E-state index contributed by atoms with van der Waals surface area (Å²) in [5, 5.41) is 12.0. The monoisotopic (exact) mass is 485 g/mol. The molecule has 1 unspecified atom stereocenters. The van der Waals surface area contributed by atoms with Crippen LogP contribution >= 0.6 is 0 Å². The van der Waals surface area contributed by atoms with Gasteiger partial charge in [0, 0.05) is 28.9 Å². The van der Waals surface area contributed by atoms with Gasteiger partial charge in [0.25, 0.3) is 0 Å². The van der Waals surface area contributed by atoms with Crippen LogP contribution in [0.15, 0.2) is 42.6 Å². The van der Waals surface area contributed by atoms with Crippen LogP contribution in [0.5, 0.6) is 0 Å². The standard InChI is InChI=1S/C20H13F6N5OS/c1-33(32,29-10-27)9-11-4-12(20(24,25)26)6-14(5-11)30-19-28-8-17(23)18(31-19)15-3-2-13(21)7-16(15)22/h2-9H,1H3,(H,29,32)(H,28,30,31). The van der Waals surface area contributed by atoms with E-state index in [2.05, 4.69) is 15.3 Å². The predicted molar refractivity (Wildman–Crippen MR) is 110 cm³/mol. The van der Waals surface area contributed by atoms with Crippen LogP contribution in [-0.4, -0.2) is 25.8 Å². The molecule has 2 N–H and O–H groups in total. The van der Waals surface area contributed by atoms with Gasteiger partial charge in [0.05, 0.1) is 21.5 Å². The van der Waals surface area contributed by atoms with Crippen molar-refractivity contribution in [3.8, 4) is 17.5 Å². The molecule has 0 amide bonds. The number of nitrogens with zero attached hydrogens (tertiary/aromatic N) is 3. The van der Waals surface area contributed by atoms with Crippen molar-refractivity contribution < 1.29 is 30.6 Å². The average molecular weight is 485 g/mol. The molecule has 172 valence electrons. The third-order valence-corrected chi connectivity index (χ3v) is 5.30. The molecule has 0 radical (unpaired) electrons. The third-order valence-electron chi connectivity index (χ3n) is 4.08. The van der Waals surface area contributed by atoms with Gasteiger partial charge in [-0.25, -0.2) is 32.1 Å². The number of alkyl halides is 3. The third kappa shape index (κ3) is 5.92. The van der Waals surface area contributed by atoms with Gasteiger partial charge in [-0.05, 0) is 35.9 Å². The number of hydrogen-bond donors (Lipinski definition) is 2. The van der Waals surface area contributed by atoms with Crippen molar-refractivity contribution in [1.29, 1.82) is 5.26 Å². The van der Waals surface area contributed by atoms with Gasteiger partial charge in [-0.2, -0.15) is 18.4 Å². The normalized spacial score (nSPS) is 13.0. The van der Waals surface area contributed by atoms with Crippen molar-refractivity contribution in [2.75, 3.05) is 11.6 Å². The summed E-state index contributed by atoms with van der Waals surface area (Å²) in [5.74, 6) is -3.42. The second-order valence-electron chi connectivity index (χ2n) is 6.72. The molecular formula is C20H13F6N5OS. The molecule has 0 bridgehead atoms. The lowest BCUT2D eigenvalue weighted by atomic mass is 10.1. The van der Waals surface area contributed by atoms with Crippen molar-refractivity contribution in [3.05, 3.63) is 71.2 Å². The first-order valence-corrected chi connectivity index (χ1v) is 10.9. The van der Waals surface area contributed by atoms with Crippen molar-refractivity contribution in [3.63, 3.8) is 0 Å². The van der Waals surface area contributed by atoms with Crippen LogP contribution in [0.25, 0.3) is 11.3 Å². The van der Waals surface area contributed by atoms with Gasteiger partial charge < -0.3 is 5.32 Å². The molecule has 0 aliphatic heterocycles. The van der Waals surface area contributed by atoms with E-state index in [4.69, 9.17) is 5.26 Å². The Morgan fingerprint density at radius 1 is 1.09 bits per heavy atom. The molecule has 3 aromatic rings. The van der Waals surface area contributed by atoms with Gasteiger partial charge >= 0.3 is 6.18 Å². The zero-order chi connectivity index (χ0) is 24.4. The van der Waals surface area contributed by atoms with Gasteiger partial charge in [-0.1, -0.05) is 0 Å². The summed E-state index contributed by atoms with van der Waals surface area (Å²) < 4.78 is 95.7. The molecule has 0 aliphatic carbocycles. The summed E-state index contributed by atoms with van der Waals surface area (Å²) in [6, 6.07) is 4.96. The Kier molecular flexibility index (Phi) is 6.50. The zero-order valence-corrected chi connectivity index (χ0v) is 17.4. The highest BCUT2D eigenvalue weighted by molar-refractivity contribution is 7.99. The van der Waals surface area contributed by atoms with E-state index in [1.54, 1.807) is 0 Å². The Morgan fingerprint density at radius 2 is 1.82 bits per heavy atom. The average Bonchev–Trinajstić information content (AvgIpc) is 2.68. The van der Waals surface area contributed by atoms with E-state index in [0.29, 0.717) is 18.3 Å². The molecule has 0 saturated heterocycles. The summed E-state index contributed by atoms with van der Waals surface area (Å²) in [4.78, 5) is 7.43. The van der Waals surface area contributed by atoms with Crippen LogP contribution in [-0.2, 0) is 15.9 Å². The van der Waals surface area contributed by atoms with Crippen molar-refractivity contribution in [1.82, 2.24) is 14.7 Å². The highest BCUT2D eigenvalue weighted by Crippen LogP contribution is 2.33. The van der Waals surface area contributed by atoms with Gasteiger partial charge in [-0.15, -0.1) is 0 Å². The number of anilines is 2. The molecule has 1 aromatic heterocycles. The molecule has 0 fully saturated rings. The maximum atomic E-state index is 14.2. The van der Waals surface area contributed by atoms with E-state index < -0.39 is 44.6 Å². The smallest absolute Gasteiger partial charge is 0.324 e. The SMILES string of the molecule is CS(=O)(=Cc1cc(Nc2ncc(F)c(-c3ccc(F)cc3F)n2)cc(C(F)(F)F)c1)NC#N. The molecule has 0 spiro atoms. The van der Waals surface area contributed by atoms with Crippen molar-refractivity contribution >= 4 is 26.7 Å². The van der Waals surface area contributed by atoms with Crippen LogP contribution in [0, 0.1) is 28.9 Å². The molecule has 2 aromatic carbocycles. The molecule has 33 heavy (non-hydrogen) atoms. The summed E-state index contributed by atoms with van der Waals surface area (Å²) in [7, 11) is -3.13. The van der Waals surface area contributed by atoms with Crippen LogP contribution in [0.1, 0.15) is 11.1 Å². The highest BCUT2D eigenvalue weighted by atomic mass is 32.2. The summed E-state index contributed by atoms with van der Waals surface area (Å²) in [6.45, 7) is 0. The summed E-state index contributed by atoms with van der Waals surface area (Å²) in [6.07, 6.45) is -1.52. The Morgan fingerprint density at radius 3 is 2.45 bits per heavy atom. The first kappa shape index (κ1) is 23.9. The number of nitrogens with one attached hydrogen (secondary N) is 2. The molecular weight excluding hydrogens is 472 g/mol. The fraction of sp³-hybridized carbons (Fsp3) is 0.100. The number of nitriles is 1. The van der Waals surface area contributed by atoms with Crippen LogP contribution in [0.2, 0.25) is 0 Å². The van der Waals surface area contributed by atoms with E-state index in [1.807, 2.05) is 4.72 Å². The quantitative estimate of drug-likeness (QED) is 0.242. The van der Waals surface area contributed by atoms with E-state index in [1.165, 1.54) is 12.3 Å². The fourth-order valence-corrected chi connectivity index (χ4v) is 3.66. The first-order valence-electron chi connectivity index (χ1n) is 8.85. The highest BCUT2D eigenvalue weighted by Gasteiger charge is 2.31. The van der Waals surface area contributed by atoms with Gasteiger partial charge in [0.15, 0.2) is 12.0 Å². The minimum atomic E-state index is -4.77. The molecule has 1 atom stereocenters. The molecule has 0 aliphatic rings. The van der Waals surface area contributed by atoms with E-state index in [0.717, 1.165) is 29.8 Å². The Bertz CT molecular complexity index is 1380. The predicted octanol–water partition coefficient (Wildman–Crippen LogP) is 4.37. The van der Waals surface area contributed by atoms with E-state index in [9.17, 15) is 30.6 Å². The molecule has 3 rings (SSSR count). The lowest BCUT2D eigenvalue weighted by Crippen LogP contribution is -2.19. The first-order chi connectivity index (χ1) is 15.4. The van der Waals surface area contributed by atoms with Gasteiger partial charge in [-0.3, -0.25) is 0 Å². The number of aromatic nitrogens is 2. The maximum Gasteiger partial charge on any atom is 0.416 e. The lowest BCUT2D eigenvalue weighted by Gasteiger charge is -2.13. The second-order valence-corrected chi connectivity index (χ2v) is 8.96. The minimum absolute atomic E-state index is 0.144. The van der Waals surface area contributed by atoms with E-state index >= 15 is 0 Å². The van der Waals surface area contributed by atoms with Crippen molar-refractivity contribution in [2.24, 2.45) is 0 Å². The summed E-state index contributed by atoms with van der Waals surface area (Å²) in [5.41, 5.74) is -2.39. The number of halogens is 6. The Labute approximate surface area is 184 Å². The van der Waals surface area contributed by atoms with Gasteiger partial charge in [0.2, 0.25) is 5.95 Å². The van der Waals surface area contributed by atoms with Crippen LogP contribution < -0.4 is 10.0 Å². The molecule has 1 heterocycles. The lowest BCUT2D eigenvalue weighted by molar-refractivity contribution is -0.137. The number of hydrogen-bond acceptors (Lipinski definition) is 5. The number of benzene rings is 2. The largest absolute Gasteiger partial charge is 0.416 e. The Balaban J connectivity index is 2.07. The molecule has 13 heteroatoms. The Hall–Kier alpha value is -3.79. The second kappa shape index (κ2) is 8.99. The molecule has 6 nitrogen and oxygen atoms in total. The maximum absolute atomic E-state index is 14.2.